The largest absolute Gasteiger partial charge is 0.394 e. The Morgan fingerprint density at radius 1 is 1.28 bits per heavy atom. The van der Waals surface area contributed by atoms with Crippen LogP contribution in [0.15, 0.2) is 0 Å². The summed E-state index contributed by atoms with van der Waals surface area (Å²) < 4.78 is 38.5. The lowest BCUT2D eigenvalue weighted by Crippen LogP contribution is -2.43. The summed E-state index contributed by atoms with van der Waals surface area (Å²) in [6.45, 7) is 10.7. The van der Waals surface area contributed by atoms with Crippen LogP contribution >= 0.6 is 0 Å². The van der Waals surface area contributed by atoms with Crippen molar-refractivity contribution in [3.63, 3.8) is 0 Å². The van der Waals surface area contributed by atoms with Crippen molar-refractivity contribution in [3.8, 4) is 0 Å². The molecule has 0 spiro atoms. The van der Waals surface area contributed by atoms with Crippen molar-refractivity contribution >= 4 is 0 Å². The van der Waals surface area contributed by atoms with Gasteiger partial charge in [-0.1, -0.05) is 27.7 Å². The Morgan fingerprint density at radius 2 is 1.89 bits per heavy atom. The molecule has 1 saturated heterocycles. The smallest absolute Gasteiger partial charge is 0.315 e. The van der Waals surface area contributed by atoms with E-state index in [1.54, 1.807) is 0 Å². The Morgan fingerprint density at radius 3 is 2.39 bits per heavy atom. The zero-order valence-corrected chi connectivity index (χ0v) is 11.8. The quantitative estimate of drug-likeness (QED) is 0.845. The highest BCUT2D eigenvalue weighted by atomic mass is 19.4. The molecule has 2 nitrogen and oxygen atoms in total. The van der Waals surface area contributed by atoms with Gasteiger partial charge in [0.25, 0.3) is 0 Å². The topological polar surface area (TPSA) is 15.3 Å². The fourth-order valence-electron chi connectivity index (χ4n) is 2.10. The molecule has 1 N–H and O–H groups in total. The summed E-state index contributed by atoms with van der Waals surface area (Å²) in [7, 11) is 0. The third kappa shape index (κ3) is 4.43. The lowest BCUT2D eigenvalue weighted by Gasteiger charge is -2.36. The molecule has 0 aliphatic carbocycles. The third-order valence-electron chi connectivity index (χ3n) is 4.13. The molecule has 1 fully saturated rings. The molecule has 0 amide bonds. The lowest BCUT2D eigenvalue weighted by atomic mass is 9.80. The molecule has 0 aromatic heterocycles. The molecular weight excluding hydrogens is 241 g/mol. The maximum absolute atomic E-state index is 12.8. The van der Waals surface area contributed by atoms with Gasteiger partial charge in [-0.3, -0.25) is 0 Å². The highest BCUT2D eigenvalue weighted by Crippen LogP contribution is 2.31. The molecule has 1 atom stereocenters. The summed E-state index contributed by atoms with van der Waals surface area (Å²) >= 11 is 0. The van der Waals surface area contributed by atoms with Crippen LogP contribution < -0.4 is 5.32 Å². The van der Waals surface area contributed by atoms with E-state index in [-0.39, 0.29) is 18.5 Å². The Labute approximate surface area is 108 Å². The maximum atomic E-state index is 12.8. The fourth-order valence-corrected chi connectivity index (χ4v) is 2.10. The Bertz CT molecular complexity index is 261. The van der Waals surface area contributed by atoms with Gasteiger partial charge < -0.3 is 10.2 Å². The van der Waals surface area contributed by atoms with Gasteiger partial charge >= 0.3 is 6.18 Å². The van der Waals surface area contributed by atoms with Crippen LogP contribution in [-0.2, 0) is 0 Å². The molecule has 1 unspecified atom stereocenters. The standard InChI is InChI=1S/C13H25F3N2/c1-10(2)12(3,4)9-18-6-5-17-7-11(8-18)13(14,15)16/h10-11,17H,5-9H2,1-4H3. The van der Waals surface area contributed by atoms with Gasteiger partial charge in [-0.05, 0) is 11.3 Å². The van der Waals surface area contributed by atoms with Gasteiger partial charge in [0.05, 0.1) is 5.92 Å². The van der Waals surface area contributed by atoms with Crippen LogP contribution in [0.1, 0.15) is 27.7 Å². The molecule has 0 saturated carbocycles. The molecule has 1 aliphatic rings. The first-order valence-electron chi connectivity index (χ1n) is 6.62. The van der Waals surface area contributed by atoms with Crippen molar-refractivity contribution in [1.29, 1.82) is 0 Å². The second kappa shape index (κ2) is 5.78. The van der Waals surface area contributed by atoms with Gasteiger partial charge in [0.15, 0.2) is 0 Å². The summed E-state index contributed by atoms with van der Waals surface area (Å²) in [5, 5.41) is 2.89. The molecule has 108 valence electrons. The van der Waals surface area contributed by atoms with E-state index in [0.717, 1.165) is 6.54 Å². The highest BCUT2D eigenvalue weighted by molar-refractivity contribution is 4.83. The number of nitrogens with zero attached hydrogens (tertiary/aromatic N) is 1. The predicted molar refractivity (Wildman–Crippen MR) is 67.5 cm³/mol. The van der Waals surface area contributed by atoms with Gasteiger partial charge in [-0.15, -0.1) is 0 Å². The Balaban J connectivity index is 2.65. The normalized spacial score (nSPS) is 24.3. The molecular formula is C13H25F3N2. The molecule has 5 heteroatoms. The molecule has 1 aliphatic heterocycles. The molecule has 18 heavy (non-hydrogen) atoms. The second-order valence-corrected chi connectivity index (χ2v) is 6.32. The minimum absolute atomic E-state index is 0.0422. The minimum atomic E-state index is -4.10. The predicted octanol–water partition coefficient (Wildman–Crippen LogP) is 2.75. The number of rotatable bonds is 3. The summed E-state index contributed by atoms with van der Waals surface area (Å²) in [6, 6.07) is 0. The second-order valence-electron chi connectivity index (χ2n) is 6.32. The van der Waals surface area contributed by atoms with E-state index in [1.807, 2.05) is 4.90 Å². The fraction of sp³-hybridized carbons (Fsp3) is 1.00. The number of alkyl halides is 3. The van der Waals surface area contributed by atoms with E-state index in [4.69, 9.17) is 0 Å². The first-order chi connectivity index (χ1) is 8.13. The Hall–Kier alpha value is -0.290. The van der Waals surface area contributed by atoms with Crippen LogP contribution in [0.5, 0.6) is 0 Å². The Kier molecular flexibility index (Phi) is 5.06. The number of hydrogen-bond donors (Lipinski definition) is 1. The van der Waals surface area contributed by atoms with E-state index < -0.39 is 12.1 Å². The van der Waals surface area contributed by atoms with Crippen LogP contribution in [-0.4, -0.2) is 43.8 Å². The molecule has 1 heterocycles. The third-order valence-corrected chi connectivity index (χ3v) is 4.13. The van der Waals surface area contributed by atoms with Crippen LogP contribution in [0.3, 0.4) is 0 Å². The van der Waals surface area contributed by atoms with E-state index >= 15 is 0 Å². The van der Waals surface area contributed by atoms with Crippen molar-refractivity contribution in [2.24, 2.45) is 17.3 Å². The average Bonchev–Trinajstić information content (AvgIpc) is 2.41. The lowest BCUT2D eigenvalue weighted by molar-refractivity contribution is -0.176. The van der Waals surface area contributed by atoms with Crippen LogP contribution in [0, 0.1) is 17.3 Å². The number of nitrogens with one attached hydrogen (secondary N) is 1. The van der Waals surface area contributed by atoms with E-state index in [1.165, 1.54) is 0 Å². The van der Waals surface area contributed by atoms with Gasteiger partial charge in [0.1, 0.15) is 0 Å². The molecule has 0 bridgehead atoms. The zero-order chi connectivity index (χ0) is 14.0. The zero-order valence-electron chi connectivity index (χ0n) is 11.8. The van der Waals surface area contributed by atoms with Crippen molar-refractivity contribution in [2.75, 3.05) is 32.7 Å². The maximum Gasteiger partial charge on any atom is 0.394 e. The van der Waals surface area contributed by atoms with Gasteiger partial charge in [0, 0.05) is 32.7 Å². The van der Waals surface area contributed by atoms with Crippen molar-refractivity contribution in [1.82, 2.24) is 10.2 Å². The summed E-state index contributed by atoms with van der Waals surface area (Å²) in [5.74, 6) is -0.791. The van der Waals surface area contributed by atoms with E-state index in [0.29, 0.717) is 19.0 Å². The van der Waals surface area contributed by atoms with Crippen LogP contribution in [0.25, 0.3) is 0 Å². The average molecular weight is 266 g/mol. The van der Waals surface area contributed by atoms with E-state index in [2.05, 4.69) is 33.0 Å². The van der Waals surface area contributed by atoms with Crippen molar-refractivity contribution in [3.05, 3.63) is 0 Å². The summed E-state index contributed by atoms with van der Waals surface area (Å²) in [4.78, 5) is 1.96. The molecule has 0 radical (unpaired) electrons. The van der Waals surface area contributed by atoms with E-state index in [9.17, 15) is 13.2 Å². The van der Waals surface area contributed by atoms with Crippen LogP contribution in [0.2, 0.25) is 0 Å². The monoisotopic (exact) mass is 266 g/mol. The summed E-state index contributed by atoms with van der Waals surface area (Å²) in [6.07, 6.45) is -4.10. The van der Waals surface area contributed by atoms with Crippen molar-refractivity contribution < 1.29 is 13.2 Å². The summed E-state index contributed by atoms with van der Waals surface area (Å²) in [5.41, 5.74) is 0.0422. The van der Waals surface area contributed by atoms with Gasteiger partial charge in [-0.25, -0.2) is 0 Å². The van der Waals surface area contributed by atoms with Crippen LogP contribution in [0.4, 0.5) is 13.2 Å². The minimum Gasteiger partial charge on any atom is -0.315 e. The SMILES string of the molecule is CC(C)C(C)(C)CN1CCNCC(C(F)(F)F)C1. The highest BCUT2D eigenvalue weighted by Gasteiger charge is 2.41. The number of hydrogen-bond acceptors (Lipinski definition) is 2. The van der Waals surface area contributed by atoms with Gasteiger partial charge in [0.2, 0.25) is 0 Å². The van der Waals surface area contributed by atoms with Gasteiger partial charge in [-0.2, -0.15) is 13.2 Å². The molecule has 0 aromatic rings. The molecule has 1 rings (SSSR count). The first kappa shape index (κ1) is 15.8. The first-order valence-corrected chi connectivity index (χ1v) is 6.62. The number of halogens is 3. The molecule has 0 aromatic carbocycles. The van der Waals surface area contributed by atoms with Crippen molar-refractivity contribution in [2.45, 2.75) is 33.9 Å².